The Labute approximate surface area is 80.6 Å². The molecule has 0 unspecified atom stereocenters. The molecule has 0 amide bonds. The molecule has 0 aliphatic heterocycles. The molecule has 1 aromatic rings. The van der Waals surface area contributed by atoms with Gasteiger partial charge in [-0.25, -0.2) is 0 Å². The number of anilines is 1. The zero-order valence-corrected chi connectivity index (χ0v) is 8.13. The lowest BCUT2D eigenvalue weighted by molar-refractivity contribution is -0.254. The van der Waals surface area contributed by atoms with Crippen LogP contribution in [0, 0.1) is 0 Å². The number of carboxylic acids is 1. The van der Waals surface area contributed by atoms with Crippen molar-refractivity contribution in [3.8, 4) is 0 Å². The zero-order valence-electron chi connectivity index (χ0n) is 6.49. The lowest BCUT2D eigenvalue weighted by atomic mass is 10.2. The Hall–Kier alpha value is -0.740. The number of hydrogen-bond acceptors (Lipinski definition) is 4. The molecular weight excluding hydrogens is 198 g/mol. The molecule has 5 heteroatoms. The Bertz CT molecular complexity index is 285. The van der Waals surface area contributed by atoms with Crippen LogP contribution in [0.5, 0.6) is 0 Å². The smallest absolute Gasteiger partial charge is 0.0836 e. The van der Waals surface area contributed by atoms with Crippen molar-refractivity contribution in [2.24, 2.45) is 0 Å². The third-order valence-corrected chi connectivity index (χ3v) is 2.50. The lowest BCUT2D eigenvalue weighted by Crippen LogP contribution is -2.22. The van der Waals surface area contributed by atoms with Crippen LogP contribution in [0.2, 0.25) is 0 Å². The van der Waals surface area contributed by atoms with Gasteiger partial charge in [-0.2, -0.15) is 0 Å². The predicted octanol–water partition coefficient (Wildman–Crippen LogP) is 0.678. The summed E-state index contributed by atoms with van der Waals surface area (Å²) in [6.45, 7) is 1.93. The Morgan fingerprint density at radius 1 is 1.75 bits per heavy atom. The van der Waals surface area contributed by atoms with Gasteiger partial charge in [-0.05, 0) is 17.4 Å². The number of aromatic carboxylic acids is 1. The van der Waals surface area contributed by atoms with Crippen LogP contribution in [0.3, 0.4) is 0 Å². The minimum atomic E-state index is -1.19. The summed E-state index contributed by atoms with van der Waals surface area (Å²) in [4.78, 5) is 10.5. The van der Waals surface area contributed by atoms with Gasteiger partial charge in [0.15, 0.2) is 0 Å². The SMILES string of the molecule is CCc1csc(C(=O)[O-])c1N.Cl. The van der Waals surface area contributed by atoms with E-state index in [1.807, 2.05) is 6.92 Å². The quantitative estimate of drug-likeness (QED) is 0.774. The van der Waals surface area contributed by atoms with E-state index in [0.29, 0.717) is 5.69 Å². The normalized spacial score (nSPS) is 9.08. The summed E-state index contributed by atoms with van der Waals surface area (Å²) >= 11 is 1.12. The van der Waals surface area contributed by atoms with Gasteiger partial charge in [0.05, 0.1) is 16.5 Å². The van der Waals surface area contributed by atoms with Gasteiger partial charge in [0, 0.05) is 0 Å². The Kier molecular flexibility index (Phi) is 4.06. The third kappa shape index (κ3) is 1.89. The van der Waals surface area contributed by atoms with Crippen LogP contribution in [0.1, 0.15) is 22.2 Å². The summed E-state index contributed by atoms with van der Waals surface area (Å²) in [5.41, 5.74) is 6.75. The minimum Gasteiger partial charge on any atom is -0.544 e. The molecule has 3 nitrogen and oxygen atoms in total. The first kappa shape index (κ1) is 11.3. The standard InChI is InChI=1S/C7H9NO2S.ClH/c1-2-4-3-11-6(5(4)8)7(9)10;/h3H,2,8H2,1H3,(H,9,10);1H/p-1. The van der Waals surface area contributed by atoms with Gasteiger partial charge in [-0.3, -0.25) is 0 Å². The van der Waals surface area contributed by atoms with E-state index in [9.17, 15) is 9.90 Å². The zero-order chi connectivity index (χ0) is 8.43. The van der Waals surface area contributed by atoms with Gasteiger partial charge in [0.25, 0.3) is 0 Å². The van der Waals surface area contributed by atoms with E-state index >= 15 is 0 Å². The van der Waals surface area contributed by atoms with Gasteiger partial charge in [0.1, 0.15) is 0 Å². The fourth-order valence-corrected chi connectivity index (χ4v) is 1.74. The highest BCUT2D eigenvalue weighted by Gasteiger charge is 2.06. The monoisotopic (exact) mass is 206 g/mol. The average Bonchev–Trinajstić information content (AvgIpc) is 2.30. The maximum atomic E-state index is 10.4. The molecule has 1 aromatic heterocycles. The molecule has 0 aliphatic rings. The van der Waals surface area contributed by atoms with Crippen molar-refractivity contribution in [3.05, 3.63) is 15.8 Å². The summed E-state index contributed by atoms with van der Waals surface area (Å²) in [6.07, 6.45) is 0.760. The molecule has 0 aromatic carbocycles. The fourth-order valence-electron chi connectivity index (χ4n) is 0.835. The molecule has 2 N–H and O–H groups in total. The van der Waals surface area contributed by atoms with Crippen molar-refractivity contribution < 1.29 is 9.90 Å². The molecule has 0 spiro atoms. The number of thiophene rings is 1. The number of halogens is 1. The minimum absolute atomic E-state index is 0. The van der Waals surface area contributed by atoms with Crippen molar-refractivity contribution in [3.63, 3.8) is 0 Å². The van der Waals surface area contributed by atoms with Crippen molar-refractivity contribution in [1.29, 1.82) is 0 Å². The third-order valence-electron chi connectivity index (χ3n) is 1.48. The summed E-state index contributed by atoms with van der Waals surface area (Å²) in [5.74, 6) is -1.19. The highest BCUT2D eigenvalue weighted by molar-refractivity contribution is 7.12. The number of carbonyl (C=O) groups is 1. The van der Waals surface area contributed by atoms with Crippen molar-refractivity contribution >= 4 is 35.4 Å². The number of rotatable bonds is 2. The Balaban J connectivity index is 0.00000121. The van der Waals surface area contributed by atoms with Crippen LogP contribution in [-0.2, 0) is 6.42 Å². The van der Waals surface area contributed by atoms with E-state index in [1.54, 1.807) is 5.38 Å². The molecule has 12 heavy (non-hydrogen) atoms. The maximum absolute atomic E-state index is 10.4. The fraction of sp³-hybridized carbons (Fsp3) is 0.286. The van der Waals surface area contributed by atoms with Crippen LogP contribution < -0.4 is 10.8 Å². The first-order chi connectivity index (χ1) is 5.16. The summed E-state index contributed by atoms with van der Waals surface area (Å²) in [5, 5.41) is 12.1. The molecule has 0 fully saturated rings. The number of aryl methyl sites for hydroxylation is 1. The van der Waals surface area contributed by atoms with Crippen molar-refractivity contribution in [2.45, 2.75) is 13.3 Å². The van der Waals surface area contributed by atoms with Crippen LogP contribution >= 0.6 is 23.7 Å². The molecular formula is C7H9ClNO2S-. The summed E-state index contributed by atoms with van der Waals surface area (Å²) < 4.78 is 0. The van der Waals surface area contributed by atoms with Crippen molar-refractivity contribution in [1.82, 2.24) is 0 Å². The van der Waals surface area contributed by atoms with E-state index in [1.165, 1.54) is 0 Å². The highest BCUT2D eigenvalue weighted by Crippen LogP contribution is 2.24. The molecule has 0 bridgehead atoms. The molecule has 1 heterocycles. The second kappa shape index (κ2) is 4.33. The molecule has 0 atom stereocenters. The molecule has 68 valence electrons. The van der Waals surface area contributed by atoms with Crippen LogP contribution in [0.15, 0.2) is 5.38 Å². The van der Waals surface area contributed by atoms with Crippen molar-refractivity contribution in [2.75, 3.05) is 5.73 Å². The molecule has 0 saturated carbocycles. The van der Waals surface area contributed by atoms with E-state index in [-0.39, 0.29) is 17.3 Å². The van der Waals surface area contributed by atoms with Gasteiger partial charge in [0.2, 0.25) is 0 Å². The average molecular weight is 207 g/mol. The first-order valence-corrected chi connectivity index (χ1v) is 4.12. The largest absolute Gasteiger partial charge is 0.544 e. The number of hydrogen-bond donors (Lipinski definition) is 1. The van der Waals surface area contributed by atoms with E-state index in [2.05, 4.69) is 0 Å². The molecule has 1 rings (SSSR count). The van der Waals surface area contributed by atoms with Gasteiger partial charge in [-0.15, -0.1) is 23.7 Å². The van der Waals surface area contributed by atoms with Crippen LogP contribution in [0.25, 0.3) is 0 Å². The van der Waals surface area contributed by atoms with Crippen LogP contribution in [-0.4, -0.2) is 5.97 Å². The second-order valence-electron chi connectivity index (χ2n) is 2.14. The van der Waals surface area contributed by atoms with E-state index < -0.39 is 5.97 Å². The molecule has 0 saturated heterocycles. The maximum Gasteiger partial charge on any atom is 0.0836 e. The topological polar surface area (TPSA) is 66.1 Å². The number of nitrogens with two attached hydrogens (primary N) is 1. The molecule has 0 radical (unpaired) electrons. The Morgan fingerprint density at radius 3 is 2.58 bits per heavy atom. The van der Waals surface area contributed by atoms with Gasteiger partial charge >= 0.3 is 0 Å². The summed E-state index contributed by atoms with van der Waals surface area (Å²) in [7, 11) is 0. The number of carboxylic acid groups (broad SMARTS) is 1. The number of nitrogen functional groups attached to an aromatic ring is 1. The van der Waals surface area contributed by atoms with Gasteiger partial charge < -0.3 is 15.6 Å². The van der Waals surface area contributed by atoms with Gasteiger partial charge in [-0.1, -0.05) is 6.92 Å². The predicted molar refractivity (Wildman–Crippen MR) is 49.7 cm³/mol. The van der Waals surface area contributed by atoms with Crippen LogP contribution in [0.4, 0.5) is 5.69 Å². The summed E-state index contributed by atoms with van der Waals surface area (Å²) in [6, 6.07) is 0. The van der Waals surface area contributed by atoms with E-state index in [0.717, 1.165) is 23.3 Å². The number of carbonyl (C=O) groups excluding carboxylic acids is 1. The Morgan fingerprint density at radius 2 is 2.33 bits per heavy atom. The molecule has 0 aliphatic carbocycles. The lowest BCUT2D eigenvalue weighted by Gasteiger charge is -1.99. The first-order valence-electron chi connectivity index (χ1n) is 3.24. The second-order valence-corrected chi connectivity index (χ2v) is 3.02. The highest BCUT2D eigenvalue weighted by atomic mass is 35.5. The van der Waals surface area contributed by atoms with E-state index in [4.69, 9.17) is 5.73 Å².